The number of benzene rings is 1. The van der Waals surface area contributed by atoms with Crippen molar-refractivity contribution >= 4 is 38.7 Å². The third-order valence-corrected chi connectivity index (χ3v) is 6.47. The lowest BCUT2D eigenvalue weighted by atomic mass is 9.95. The van der Waals surface area contributed by atoms with Gasteiger partial charge in [-0.15, -0.1) is 0 Å². The number of carbonyl (C=O) groups excluding carboxylic acids is 2. The predicted octanol–water partition coefficient (Wildman–Crippen LogP) is 4.12. The number of fused-ring (bicyclic) bond motifs is 1. The second kappa shape index (κ2) is 9.30. The van der Waals surface area contributed by atoms with Crippen molar-refractivity contribution in [2.45, 2.75) is 25.6 Å². The van der Waals surface area contributed by atoms with Crippen LogP contribution in [-0.4, -0.2) is 52.1 Å². The van der Waals surface area contributed by atoms with Gasteiger partial charge in [-0.05, 0) is 31.0 Å². The number of nitrogens with zero attached hydrogens (tertiary/aromatic N) is 5. The van der Waals surface area contributed by atoms with Crippen molar-refractivity contribution in [1.29, 1.82) is 0 Å². The first kappa shape index (κ1) is 22.9. The van der Waals surface area contributed by atoms with Gasteiger partial charge in [0.05, 0.1) is 29.4 Å². The van der Waals surface area contributed by atoms with Gasteiger partial charge < -0.3 is 9.64 Å². The first-order valence-corrected chi connectivity index (χ1v) is 10.9. The van der Waals surface area contributed by atoms with Gasteiger partial charge in [-0.3, -0.25) is 9.69 Å². The lowest BCUT2D eigenvalue weighted by Gasteiger charge is -2.32. The van der Waals surface area contributed by atoms with Crippen LogP contribution in [0.2, 0.25) is 0 Å². The summed E-state index contributed by atoms with van der Waals surface area (Å²) in [5.41, 5.74) is 0.272. The van der Waals surface area contributed by atoms with Gasteiger partial charge in [-0.25, -0.2) is 19.7 Å². The molecule has 8 nitrogen and oxygen atoms in total. The summed E-state index contributed by atoms with van der Waals surface area (Å²) >= 11 is 1.02. The fourth-order valence-corrected chi connectivity index (χ4v) is 4.71. The summed E-state index contributed by atoms with van der Waals surface area (Å²) < 4.78 is 44.4. The number of halogens is 3. The Morgan fingerprint density at radius 3 is 2.55 bits per heavy atom. The van der Waals surface area contributed by atoms with Crippen molar-refractivity contribution in [3.05, 3.63) is 48.0 Å². The average Bonchev–Trinajstić information content (AvgIpc) is 3.25. The number of thiazole rings is 1. The summed E-state index contributed by atoms with van der Waals surface area (Å²) in [5.74, 6) is -0.577. The number of hydrogen-bond donors (Lipinski definition) is 0. The zero-order chi connectivity index (χ0) is 23.6. The minimum Gasteiger partial charge on any atom is -0.453 e. The lowest BCUT2D eigenvalue weighted by molar-refractivity contribution is -0.137. The summed E-state index contributed by atoms with van der Waals surface area (Å²) in [6, 6.07) is 3.33. The molecule has 1 aliphatic rings. The van der Waals surface area contributed by atoms with E-state index < -0.39 is 17.8 Å². The minimum absolute atomic E-state index is 0.128. The second-order valence-electron chi connectivity index (χ2n) is 7.58. The van der Waals surface area contributed by atoms with Gasteiger partial charge in [0.25, 0.3) is 0 Å². The zero-order valence-corrected chi connectivity index (χ0v) is 18.4. The Labute approximate surface area is 191 Å². The number of anilines is 1. The van der Waals surface area contributed by atoms with Crippen molar-refractivity contribution < 1.29 is 27.5 Å². The normalized spacial score (nSPS) is 15.0. The van der Waals surface area contributed by atoms with Crippen LogP contribution in [0.1, 0.15) is 24.0 Å². The van der Waals surface area contributed by atoms with Crippen LogP contribution in [0.3, 0.4) is 0 Å². The van der Waals surface area contributed by atoms with Crippen molar-refractivity contribution in [2.24, 2.45) is 5.92 Å². The lowest BCUT2D eigenvalue weighted by Crippen LogP contribution is -2.44. The van der Waals surface area contributed by atoms with Gasteiger partial charge in [-0.1, -0.05) is 11.3 Å². The quantitative estimate of drug-likeness (QED) is 0.560. The highest BCUT2D eigenvalue weighted by atomic mass is 32.1. The summed E-state index contributed by atoms with van der Waals surface area (Å²) in [4.78, 5) is 40.6. The number of piperidine rings is 1. The third-order valence-electron chi connectivity index (χ3n) is 5.43. The number of likely N-dealkylation sites (tertiary alicyclic amines) is 1. The molecule has 12 heteroatoms. The fourth-order valence-electron chi connectivity index (χ4n) is 3.70. The molecule has 3 aromatic rings. The molecule has 33 heavy (non-hydrogen) atoms. The Morgan fingerprint density at radius 1 is 1.21 bits per heavy atom. The summed E-state index contributed by atoms with van der Waals surface area (Å²) in [7, 11) is 1.31. The van der Waals surface area contributed by atoms with Crippen LogP contribution in [0, 0.1) is 5.92 Å². The topological polar surface area (TPSA) is 88.5 Å². The van der Waals surface area contributed by atoms with E-state index in [1.54, 1.807) is 12.4 Å². The molecule has 2 amide bonds. The van der Waals surface area contributed by atoms with Gasteiger partial charge in [-0.2, -0.15) is 13.2 Å². The fraction of sp³-hybridized carbons (Fsp3) is 0.381. The summed E-state index contributed by atoms with van der Waals surface area (Å²) in [5, 5.41) is 0.300. The Bertz CT molecular complexity index is 1150. The largest absolute Gasteiger partial charge is 0.453 e. The highest BCUT2D eigenvalue weighted by Gasteiger charge is 2.34. The van der Waals surface area contributed by atoms with Crippen molar-refractivity contribution in [2.75, 3.05) is 25.1 Å². The summed E-state index contributed by atoms with van der Waals surface area (Å²) in [6.45, 7) is 0.878. The number of amides is 2. The summed E-state index contributed by atoms with van der Waals surface area (Å²) in [6.07, 6.45) is 0.491. The molecule has 3 heterocycles. The Balaban J connectivity index is 1.63. The standard InChI is InChI=1S/C21H20F3N5O3S/c1-32-20(31)28-6-4-14(5-7-28)18(30)29(11-13-9-25-12-26-10-13)19-27-16-3-2-15(21(22,23)24)8-17(16)33-19/h2-3,8-10,12,14H,4-7,11H2,1H3. The molecule has 0 unspecified atom stereocenters. The molecule has 0 N–H and O–H groups in total. The maximum absolute atomic E-state index is 13.5. The highest BCUT2D eigenvalue weighted by molar-refractivity contribution is 7.22. The number of methoxy groups -OCH3 is 1. The maximum Gasteiger partial charge on any atom is 0.416 e. The number of hydrogen-bond acceptors (Lipinski definition) is 7. The van der Waals surface area contributed by atoms with E-state index in [2.05, 4.69) is 15.0 Å². The van der Waals surface area contributed by atoms with Gasteiger partial charge in [0.15, 0.2) is 5.13 Å². The molecule has 1 fully saturated rings. The van der Waals surface area contributed by atoms with Crippen molar-refractivity contribution in [3.63, 3.8) is 0 Å². The Morgan fingerprint density at radius 2 is 1.91 bits per heavy atom. The van der Waals surface area contributed by atoms with Crippen LogP contribution < -0.4 is 4.90 Å². The van der Waals surface area contributed by atoms with Gasteiger partial charge in [0.2, 0.25) is 5.91 Å². The molecular formula is C21H20F3N5O3S. The molecule has 1 saturated heterocycles. The first-order chi connectivity index (χ1) is 15.8. The smallest absolute Gasteiger partial charge is 0.416 e. The van der Waals surface area contributed by atoms with Crippen LogP contribution in [0.5, 0.6) is 0 Å². The molecule has 0 atom stereocenters. The second-order valence-corrected chi connectivity index (χ2v) is 8.59. The van der Waals surface area contributed by atoms with E-state index in [1.807, 2.05) is 0 Å². The highest BCUT2D eigenvalue weighted by Crippen LogP contribution is 2.36. The van der Waals surface area contributed by atoms with E-state index in [4.69, 9.17) is 4.74 Å². The van der Waals surface area contributed by atoms with Crippen LogP contribution >= 0.6 is 11.3 Å². The molecule has 174 valence electrons. The Kier molecular flexibility index (Phi) is 6.45. The van der Waals surface area contributed by atoms with Crippen LogP contribution in [0.4, 0.5) is 23.1 Å². The van der Waals surface area contributed by atoms with E-state index in [1.165, 1.54) is 29.3 Å². The number of alkyl halides is 3. The first-order valence-electron chi connectivity index (χ1n) is 10.1. The van der Waals surface area contributed by atoms with Gasteiger partial charge in [0.1, 0.15) is 6.33 Å². The molecule has 0 bridgehead atoms. The number of ether oxygens (including phenoxy) is 1. The van der Waals surface area contributed by atoms with Crippen LogP contribution in [0.25, 0.3) is 10.2 Å². The third kappa shape index (κ3) is 5.05. The minimum atomic E-state index is -4.47. The van der Waals surface area contributed by atoms with Gasteiger partial charge in [0, 0.05) is 37.0 Å². The van der Waals surface area contributed by atoms with E-state index in [0.29, 0.717) is 46.8 Å². The molecular weight excluding hydrogens is 459 g/mol. The van der Waals surface area contributed by atoms with Gasteiger partial charge >= 0.3 is 12.3 Å². The molecule has 0 spiro atoms. The Hall–Kier alpha value is -3.28. The molecule has 2 aromatic heterocycles. The van der Waals surface area contributed by atoms with Crippen molar-refractivity contribution in [1.82, 2.24) is 19.9 Å². The molecule has 1 aliphatic heterocycles. The van der Waals surface area contributed by atoms with Crippen molar-refractivity contribution in [3.8, 4) is 0 Å². The van der Waals surface area contributed by atoms with Crippen LogP contribution in [0.15, 0.2) is 36.9 Å². The number of aromatic nitrogens is 3. The van der Waals surface area contributed by atoms with E-state index in [0.717, 1.165) is 23.5 Å². The van der Waals surface area contributed by atoms with E-state index >= 15 is 0 Å². The van der Waals surface area contributed by atoms with E-state index in [9.17, 15) is 22.8 Å². The number of carbonyl (C=O) groups is 2. The molecule has 0 aliphatic carbocycles. The molecule has 1 aromatic carbocycles. The molecule has 0 saturated carbocycles. The molecule has 0 radical (unpaired) electrons. The molecule has 4 rings (SSSR count). The SMILES string of the molecule is COC(=O)N1CCC(C(=O)N(Cc2cncnc2)c2nc3ccc(C(F)(F)F)cc3s2)CC1. The van der Waals surface area contributed by atoms with E-state index in [-0.39, 0.29) is 18.4 Å². The monoisotopic (exact) mass is 479 g/mol. The van der Waals surface area contributed by atoms with Crippen LogP contribution in [-0.2, 0) is 22.3 Å². The predicted molar refractivity (Wildman–Crippen MR) is 115 cm³/mol. The number of rotatable bonds is 4. The zero-order valence-electron chi connectivity index (χ0n) is 17.6. The maximum atomic E-state index is 13.5. The average molecular weight is 479 g/mol.